The number of carbonyl (C=O) groups excluding carboxylic acids is 1. The quantitative estimate of drug-likeness (QED) is 0.554. The number of carbonyl (C=O) groups is 1. The van der Waals surface area contributed by atoms with Crippen molar-refractivity contribution in [1.82, 2.24) is 4.90 Å². The highest BCUT2D eigenvalue weighted by molar-refractivity contribution is 5.75. The first kappa shape index (κ1) is 17.6. The lowest BCUT2D eigenvalue weighted by Crippen LogP contribution is -2.47. The van der Waals surface area contributed by atoms with Crippen molar-refractivity contribution in [2.45, 2.75) is 83.8 Å². The molecule has 4 fully saturated rings. The van der Waals surface area contributed by atoms with Crippen molar-refractivity contribution >= 4 is 5.97 Å². The number of esters is 1. The topological polar surface area (TPSA) is 29.5 Å². The largest absolute Gasteiger partial charge is 0.462 e. The zero-order valence-corrected chi connectivity index (χ0v) is 16.1. The monoisotopic (exact) mass is 345 g/mol. The van der Waals surface area contributed by atoms with Gasteiger partial charge in [-0.15, -0.1) is 0 Å². The van der Waals surface area contributed by atoms with Crippen LogP contribution in [0.1, 0.15) is 71.6 Å². The van der Waals surface area contributed by atoms with E-state index in [2.05, 4.69) is 25.3 Å². The summed E-state index contributed by atoms with van der Waals surface area (Å²) >= 11 is 0. The molecule has 0 N–H and O–H groups in total. The second kappa shape index (κ2) is 6.72. The van der Waals surface area contributed by atoms with E-state index in [9.17, 15) is 4.79 Å². The molecule has 0 aromatic carbocycles. The van der Waals surface area contributed by atoms with Gasteiger partial charge in [0, 0.05) is 18.5 Å². The molecule has 2 saturated heterocycles. The third-order valence-corrected chi connectivity index (χ3v) is 7.97. The highest BCUT2D eigenvalue weighted by Crippen LogP contribution is 2.57. The van der Waals surface area contributed by atoms with Crippen LogP contribution >= 0.6 is 0 Å². The Kier molecular flexibility index (Phi) is 4.72. The number of rotatable bonds is 3. The van der Waals surface area contributed by atoms with Crippen molar-refractivity contribution in [3.05, 3.63) is 12.2 Å². The predicted octanol–water partition coefficient (Wildman–Crippen LogP) is 4.57. The molecule has 2 heterocycles. The van der Waals surface area contributed by atoms with Crippen LogP contribution in [-0.2, 0) is 9.53 Å². The standard InChI is InChI=1S/C22H35NO2/c1-4-16-9-5-6-11-23(16)14-18-17-12-19-15(2)8-7-10-22(19,3)13-20(17)25-21(18)24/h16-20H,2,4-14H2,1,3H3. The fourth-order valence-corrected chi connectivity index (χ4v) is 6.48. The SMILES string of the molecule is C=C1CCCC2(C)CC3OC(=O)C(CN4CCCCC4CC)C3CC12. The van der Waals surface area contributed by atoms with Crippen LogP contribution in [-0.4, -0.2) is 36.1 Å². The lowest BCUT2D eigenvalue weighted by atomic mass is 9.55. The highest BCUT2D eigenvalue weighted by Gasteiger charge is 2.55. The first-order valence-electron chi connectivity index (χ1n) is 10.6. The summed E-state index contributed by atoms with van der Waals surface area (Å²) < 4.78 is 5.94. The van der Waals surface area contributed by atoms with Gasteiger partial charge < -0.3 is 4.74 Å². The third-order valence-electron chi connectivity index (χ3n) is 7.97. The Morgan fingerprint density at radius 1 is 1.32 bits per heavy atom. The summed E-state index contributed by atoms with van der Waals surface area (Å²) in [5, 5.41) is 0. The van der Waals surface area contributed by atoms with E-state index in [1.807, 2.05) is 0 Å². The van der Waals surface area contributed by atoms with E-state index in [-0.39, 0.29) is 18.0 Å². The van der Waals surface area contributed by atoms with Crippen molar-refractivity contribution in [3.63, 3.8) is 0 Å². The van der Waals surface area contributed by atoms with Crippen molar-refractivity contribution in [1.29, 1.82) is 0 Å². The second-order valence-electron chi connectivity index (χ2n) is 9.46. The number of fused-ring (bicyclic) bond motifs is 2. The molecule has 0 aromatic heterocycles. The minimum atomic E-state index is 0.0864. The molecule has 6 atom stereocenters. The number of hydrogen-bond acceptors (Lipinski definition) is 3. The lowest BCUT2D eigenvalue weighted by Gasteiger charge is -2.50. The molecule has 3 heteroatoms. The maximum atomic E-state index is 12.7. The van der Waals surface area contributed by atoms with Crippen LogP contribution in [0.4, 0.5) is 0 Å². The van der Waals surface area contributed by atoms with Gasteiger partial charge in [-0.3, -0.25) is 9.69 Å². The molecule has 0 spiro atoms. The number of nitrogens with zero attached hydrogens (tertiary/aromatic N) is 1. The van der Waals surface area contributed by atoms with Crippen molar-refractivity contribution in [2.24, 2.45) is 23.2 Å². The summed E-state index contributed by atoms with van der Waals surface area (Å²) in [5.74, 6) is 1.20. The highest BCUT2D eigenvalue weighted by atomic mass is 16.6. The van der Waals surface area contributed by atoms with Gasteiger partial charge in [0.2, 0.25) is 0 Å². The summed E-state index contributed by atoms with van der Waals surface area (Å²) in [6, 6.07) is 0.666. The van der Waals surface area contributed by atoms with Crippen LogP contribution < -0.4 is 0 Å². The number of hydrogen-bond donors (Lipinski definition) is 0. The molecule has 25 heavy (non-hydrogen) atoms. The van der Waals surface area contributed by atoms with E-state index in [4.69, 9.17) is 4.74 Å². The predicted molar refractivity (Wildman–Crippen MR) is 100 cm³/mol. The maximum absolute atomic E-state index is 12.7. The van der Waals surface area contributed by atoms with E-state index in [0.717, 1.165) is 25.9 Å². The average Bonchev–Trinajstić information content (AvgIpc) is 2.88. The average molecular weight is 346 g/mol. The fraction of sp³-hybridized carbons (Fsp3) is 0.864. The number of allylic oxidation sites excluding steroid dienone is 1. The molecule has 0 aromatic rings. The summed E-state index contributed by atoms with van der Waals surface area (Å²) in [6.07, 6.45) is 11.2. The Morgan fingerprint density at radius 2 is 2.16 bits per heavy atom. The van der Waals surface area contributed by atoms with Gasteiger partial charge in [-0.25, -0.2) is 0 Å². The van der Waals surface area contributed by atoms with Crippen LogP contribution in [0, 0.1) is 23.2 Å². The second-order valence-corrected chi connectivity index (χ2v) is 9.46. The molecular weight excluding hydrogens is 310 g/mol. The zero-order chi connectivity index (χ0) is 17.6. The van der Waals surface area contributed by atoms with E-state index in [1.165, 1.54) is 50.5 Å². The first-order valence-corrected chi connectivity index (χ1v) is 10.6. The van der Waals surface area contributed by atoms with E-state index in [1.54, 1.807) is 0 Å². The number of likely N-dealkylation sites (tertiary alicyclic amines) is 1. The molecule has 0 bridgehead atoms. The van der Waals surface area contributed by atoms with Gasteiger partial charge in [0.25, 0.3) is 0 Å². The van der Waals surface area contributed by atoms with Gasteiger partial charge in [-0.1, -0.05) is 32.4 Å². The van der Waals surface area contributed by atoms with Gasteiger partial charge in [-0.05, 0) is 69.2 Å². The molecule has 140 valence electrons. The van der Waals surface area contributed by atoms with Crippen LogP contribution in [0.5, 0.6) is 0 Å². The van der Waals surface area contributed by atoms with Gasteiger partial charge in [0.05, 0.1) is 5.92 Å². The van der Waals surface area contributed by atoms with Gasteiger partial charge in [0.1, 0.15) is 6.10 Å². The van der Waals surface area contributed by atoms with Crippen molar-refractivity contribution < 1.29 is 9.53 Å². The molecule has 4 aliphatic rings. The molecule has 3 nitrogen and oxygen atoms in total. The van der Waals surface area contributed by atoms with E-state index >= 15 is 0 Å². The van der Waals surface area contributed by atoms with Gasteiger partial charge >= 0.3 is 5.97 Å². The summed E-state index contributed by atoms with van der Waals surface area (Å²) in [7, 11) is 0. The van der Waals surface area contributed by atoms with E-state index < -0.39 is 0 Å². The van der Waals surface area contributed by atoms with Crippen LogP contribution in [0.25, 0.3) is 0 Å². The van der Waals surface area contributed by atoms with Crippen LogP contribution in [0.3, 0.4) is 0 Å². The minimum absolute atomic E-state index is 0.0864. The molecule has 2 aliphatic carbocycles. The van der Waals surface area contributed by atoms with Crippen LogP contribution in [0.2, 0.25) is 0 Å². The summed E-state index contributed by atoms with van der Waals surface area (Å²) in [4.78, 5) is 15.3. The Labute approximate surface area is 153 Å². The van der Waals surface area contributed by atoms with Gasteiger partial charge in [-0.2, -0.15) is 0 Å². The summed E-state index contributed by atoms with van der Waals surface area (Å²) in [6.45, 7) is 11.2. The van der Waals surface area contributed by atoms with E-state index in [0.29, 0.717) is 23.3 Å². The molecule has 6 unspecified atom stereocenters. The van der Waals surface area contributed by atoms with Crippen molar-refractivity contribution in [3.8, 4) is 0 Å². The summed E-state index contributed by atoms with van der Waals surface area (Å²) in [5.41, 5.74) is 1.75. The third kappa shape index (κ3) is 3.07. The van der Waals surface area contributed by atoms with Crippen molar-refractivity contribution in [2.75, 3.05) is 13.1 Å². The molecule has 2 aliphatic heterocycles. The first-order chi connectivity index (χ1) is 12.0. The number of piperidine rings is 1. The molecule has 4 rings (SSSR count). The Morgan fingerprint density at radius 3 is 2.96 bits per heavy atom. The Hall–Kier alpha value is -0.830. The maximum Gasteiger partial charge on any atom is 0.310 e. The normalized spacial score (nSPS) is 45.0. The van der Waals surface area contributed by atoms with Gasteiger partial charge in [0.15, 0.2) is 0 Å². The Balaban J connectivity index is 1.51. The minimum Gasteiger partial charge on any atom is -0.462 e. The smallest absolute Gasteiger partial charge is 0.310 e. The van der Waals surface area contributed by atoms with Crippen LogP contribution in [0.15, 0.2) is 12.2 Å². The molecular formula is C22H35NO2. The fourth-order valence-electron chi connectivity index (χ4n) is 6.48. The molecule has 2 saturated carbocycles. The lowest BCUT2D eigenvalue weighted by molar-refractivity contribution is -0.146. The Bertz CT molecular complexity index is 544. The number of ether oxygens (including phenoxy) is 1. The molecule has 0 amide bonds. The molecule has 0 radical (unpaired) electrons. The zero-order valence-electron chi connectivity index (χ0n) is 16.1.